The standard InChI is InChI=1S/C19H22N6O/c1-12-20-9-14(18(24-12)17-4-3-7-25(17)2)10-21-19(26)13-5-6-15-16(8-13)23-11-22-15/h5-6,8-9,11,17H,3-4,7,10H2,1-2H3,(H,21,26)(H,22,23). The number of benzene rings is 1. The van der Waals surface area contributed by atoms with E-state index in [1.54, 1.807) is 12.4 Å². The Hall–Kier alpha value is -2.80. The van der Waals surface area contributed by atoms with Crippen LogP contribution in [-0.2, 0) is 6.54 Å². The maximum absolute atomic E-state index is 12.6. The SMILES string of the molecule is Cc1ncc(CNC(=O)c2ccc3nc[nH]c3c2)c(C2CCCN2C)n1. The maximum atomic E-state index is 12.6. The molecule has 7 heteroatoms. The first-order chi connectivity index (χ1) is 12.6. The van der Waals surface area contributed by atoms with Gasteiger partial charge in [0.05, 0.1) is 29.1 Å². The summed E-state index contributed by atoms with van der Waals surface area (Å²) in [7, 11) is 2.12. The van der Waals surface area contributed by atoms with Gasteiger partial charge in [-0.2, -0.15) is 0 Å². The molecule has 134 valence electrons. The van der Waals surface area contributed by atoms with Crippen molar-refractivity contribution in [3.63, 3.8) is 0 Å². The summed E-state index contributed by atoms with van der Waals surface area (Å²) in [6, 6.07) is 5.74. The van der Waals surface area contributed by atoms with E-state index in [1.165, 1.54) is 6.42 Å². The second-order valence-corrected chi connectivity index (χ2v) is 6.78. The Morgan fingerprint density at radius 2 is 2.27 bits per heavy atom. The molecule has 0 saturated carbocycles. The summed E-state index contributed by atoms with van der Waals surface area (Å²) >= 11 is 0. The molecule has 4 rings (SSSR count). The number of carbonyl (C=O) groups is 1. The Morgan fingerprint density at radius 3 is 3.08 bits per heavy atom. The van der Waals surface area contributed by atoms with Crippen LogP contribution in [0.1, 0.15) is 46.3 Å². The van der Waals surface area contributed by atoms with Crippen molar-refractivity contribution < 1.29 is 4.79 Å². The third-order valence-electron chi connectivity index (χ3n) is 4.98. The summed E-state index contributed by atoms with van der Waals surface area (Å²) in [5.74, 6) is 0.646. The average Bonchev–Trinajstić information content (AvgIpc) is 3.28. The molecule has 0 aliphatic carbocycles. The number of amides is 1. The lowest BCUT2D eigenvalue weighted by molar-refractivity contribution is 0.0950. The normalized spacial score (nSPS) is 17.7. The molecule has 0 radical (unpaired) electrons. The monoisotopic (exact) mass is 350 g/mol. The largest absolute Gasteiger partial charge is 0.348 e. The van der Waals surface area contributed by atoms with Crippen LogP contribution in [0.4, 0.5) is 0 Å². The van der Waals surface area contributed by atoms with Gasteiger partial charge in [-0.05, 0) is 51.6 Å². The molecule has 1 saturated heterocycles. The van der Waals surface area contributed by atoms with Gasteiger partial charge in [-0.25, -0.2) is 15.0 Å². The van der Waals surface area contributed by atoms with Crippen molar-refractivity contribution in [1.29, 1.82) is 0 Å². The number of fused-ring (bicyclic) bond motifs is 1. The van der Waals surface area contributed by atoms with Crippen molar-refractivity contribution >= 4 is 16.9 Å². The molecule has 1 atom stereocenters. The third kappa shape index (κ3) is 3.17. The zero-order valence-electron chi connectivity index (χ0n) is 15.0. The van der Waals surface area contributed by atoms with Gasteiger partial charge in [-0.3, -0.25) is 9.69 Å². The van der Waals surface area contributed by atoms with Gasteiger partial charge in [0.25, 0.3) is 5.91 Å². The van der Waals surface area contributed by atoms with Crippen LogP contribution in [0.25, 0.3) is 11.0 Å². The first kappa shape index (κ1) is 16.7. The molecule has 2 aromatic heterocycles. The summed E-state index contributed by atoms with van der Waals surface area (Å²) in [5, 5.41) is 3.00. The van der Waals surface area contributed by atoms with Crippen LogP contribution in [0.15, 0.2) is 30.7 Å². The van der Waals surface area contributed by atoms with E-state index in [-0.39, 0.29) is 5.91 Å². The number of aryl methyl sites for hydroxylation is 1. The molecule has 1 amide bonds. The van der Waals surface area contributed by atoms with E-state index in [0.29, 0.717) is 18.2 Å². The number of nitrogens with one attached hydrogen (secondary N) is 2. The number of imidazole rings is 1. The predicted octanol–water partition coefficient (Wildman–Crippen LogP) is 2.36. The van der Waals surface area contributed by atoms with Gasteiger partial charge in [0.15, 0.2) is 0 Å². The van der Waals surface area contributed by atoms with Gasteiger partial charge < -0.3 is 10.3 Å². The molecule has 2 N–H and O–H groups in total. The van der Waals surface area contributed by atoms with Gasteiger partial charge in [-0.15, -0.1) is 0 Å². The quantitative estimate of drug-likeness (QED) is 0.754. The number of carbonyl (C=O) groups excluding carboxylic acids is 1. The van der Waals surface area contributed by atoms with Gasteiger partial charge >= 0.3 is 0 Å². The molecule has 7 nitrogen and oxygen atoms in total. The Balaban J connectivity index is 1.52. The van der Waals surface area contributed by atoms with Crippen LogP contribution < -0.4 is 5.32 Å². The molecule has 3 aromatic rings. The van der Waals surface area contributed by atoms with Crippen LogP contribution in [0.3, 0.4) is 0 Å². The molecule has 0 bridgehead atoms. The Kier molecular flexibility index (Phi) is 4.38. The minimum Gasteiger partial charge on any atom is -0.348 e. The Morgan fingerprint density at radius 1 is 1.38 bits per heavy atom. The van der Waals surface area contributed by atoms with E-state index in [2.05, 4.69) is 37.2 Å². The Labute approximate surface area is 151 Å². The molecular weight excluding hydrogens is 328 g/mol. The molecular formula is C19H22N6O. The highest BCUT2D eigenvalue weighted by Gasteiger charge is 2.26. The molecule has 3 heterocycles. The lowest BCUT2D eigenvalue weighted by Crippen LogP contribution is -2.26. The van der Waals surface area contributed by atoms with E-state index in [1.807, 2.05) is 25.3 Å². The second-order valence-electron chi connectivity index (χ2n) is 6.78. The van der Waals surface area contributed by atoms with Crippen LogP contribution in [0.5, 0.6) is 0 Å². The van der Waals surface area contributed by atoms with Crippen molar-refractivity contribution in [2.75, 3.05) is 13.6 Å². The highest BCUT2D eigenvalue weighted by molar-refractivity contribution is 5.97. The fourth-order valence-corrected chi connectivity index (χ4v) is 3.55. The van der Waals surface area contributed by atoms with Crippen molar-refractivity contribution in [1.82, 2.24) is 30.2 Å². The topological polar surface area (TPSA) is 86.8 Å². The van der Waals surface area contributed by atoms with E-state index in [4.69, 9.17) is 0 Å². The maximum Gasteiger partial charge on any atom is 0.251 e. The first-order valence-electron chi connectivity index (χ1n) is 8.86. The van der Waals surface area contributed by atoms with Crippen molar-refractivity contribution in [3.05, 3.63) is 53.4 Å². The number of nitrogens with zero attached hydrogens (tertiary/aromatic N) is 4. The van der Waals surface area contributed by atoms with Crippen LogP contribution in [0, 0.1) is 6.92 Å². The fraction of sp³-hybridized carbons (Fsp3) is 0.368. The molecule has 1 fully saturated rings. The average molecular weight is 350 g/mol. The van der Waals surface area contributed by atoms with E-state index in [0.717, 1.165) is 41.1 Å². The summed E-state index contributed by atoms with van der Waals surface area (Å²) < 4.78 is 0. The number of aromatic nitrogens is 4. The summed E-state index contributed by atoms with van der Waals surface area (Å²) in [6.07, 6.45) is 5.72. The van der Waals surface area contributed by atoms with Crippen LogP contribution in [0.2, 0.25) is 0 Å². The number of aromatic amines is 1. The zero-order valence-corrected chi connectivity index (χ0v) is 15.0. The molecule has 26 heavy (non-hydrogen) atoms. The van der Waals surface area contributed by atoms with Crippen molar-refractivity contribution in [3.8, 4) is 0 Å². The lowest BCUT2D eigenvalue weighted by atomic mass is 10.1. The molecule has 1 aromatic carbocycles. The zero-order chi connectivity index (χ0) is 18.1. The summed E-state index contributed by atoms with van der Waals surface area (Å²) in [4.78, 5) is 31.1. The van der Waals surface area contributed by atoms with Crippen molar-refractivity contribution in [2.45, 2.75) is 32.4 Å². The van der Waals surface area contributed by atoms with Gasteiger partial charge in [0.1, 0.15) is 5.82 Å². The molecule has 1 unspecified atom stereocenters. The van der Waals surface area contributed by atoms with Crippen LogP contribution >= 0.6 is 0 Å². The Bertz CT molecular complexity index is 950. The highest BCUT2D eigenvalue weighted by Crippen LogP contribution is 2.31. The molecule has 1 aliphatic rings. The van der Waals surface area contributed by atoms with E-state index >= 15 is 0 Å². The van der Waals surface area contributed by atoms with Gasteiger partial charge in [0.2, 0.25) is 0 Å². The summed E-state index contributed by atoms with van der Waals surface area (Å²) in [6.45, 7) is 3.39. The minimum absolute atomic E-state index is 0.118. The first-order valence-corrected chi connectivity index (χ1v) is 8.86. The third-order valence-corrected chi connectivity index (χ3v) is 4.98. The smallest absolute Gasteiger partial charge is 0.251 e. The highest BCUT2D eigenvalue weighted by atomic mass is 16.1. The summed E-state index contributed by atoms with van der Waals surface area (Å²) in [5.41, 5.74) is 4.31. The number of hydrogen-bond acceptors (Lipinski definition) is 5. The van der Waals surface area contributed by atoms with Crippen molar-refractivity contribution in [2.24, 2.45) is 0 Å². The van der Waals surface area contributed by atoms with E-state index < -0.39 is 0 Å². The molecule has 0 spiro atoms. The molecule has 1 aliphatic heterocycles. The van der Waals surface area contributed by atoms with Crippen LogP contribution in [-0.4, -0.2) is 44.3 Å². The number of rotatable bonds is 4. The minimum atomic E-state index is -0.118. The van der Waals surface area contributed by atoms with Gasteiger partial charge in [-0.1, -0.05) is 0 Å². The predicted molar refractivity (Wildman–Crippen MR) is 98.6 cm³/mol. The number of hydrogen-bond donors (Lipinski definition) is 2. The fourth-order valence-electron chi connectivity index (χ4n) is 3.55. The number of H-pyrrole nitrogens is 1. The second kappa shape index (κ2) is 6.84. The van der Waals surface area contributed by atoms with Gasteiger partial charge in [0, 0.05) is 23.9 Å². The lowest BCUT2D eigenvalue weighted by Gasteiger charge is -2.21. The van der Waals surface area contributed by atoms with E-state index in [9.17, 15) is 4.79 Å². The number of likely N-dealkylation sites (tertiary alicyclic amines) is 1.